The van der Waals surface area contributed by atoms with Crippen LogP contribution in [0.4, 0.5) is 4.39 Å². The van der Waals surface area contributed by atoms with Gasteiger partial charge in [0.2, 0.25) is 0 Å². The van der Waals surface area contributed by atoms with Crippen molar-refractivity contribution >= 4 is 5.97 Å². The van der Waals surface area contributed by atoms with Gasteiger partial charge in [0.15, 0.2) is 0 Å². The normalized spacial score (nSPS) is 30.5. The van der Waals surface area contributed by atoms with Crippen LogP contribution in [0.25, 0.3) is 0 Å². The number of rotatable bonds is 4. The van der Waals surface area contributed by atoms with Crippen molar-refractivity contribution in [1.82, 2.24) is 0 Å². The Morgan fingerprint density at radius 2 is 2.16 bits per heavy atom. The van der Waals surface area contributed by atoms with Crippen LogP contribution in [0.2, 0.25) is 0 Å². The van der Waals surface area contributed by atoms with E-state index in [1.54, 1.807) is 18.2 Å². The van der Waals surface area contributed by atoms with Crippen LogP contribution in [0.5, 0.6) is 0 Å². The summed E-state index contributed by atoms with van der Waals surface area (Å²) >= 11 is 0. The molecule has 102 valence electrons. The number of hydrogen-bond acceptors (Lipinski definition) is 2. The van der Waals surface area contributed by atoms with Crippen LogP contribution in [0.1, 0.15) is 24.8 Å². The SMILES string of the molecule is O=C(O)C1(Cc2ccccc2F)CCOC1C1CC1. The van der Waals surface area contributed by atoms with Crippen molar-refractivity contribution in [3.05, 3.63) is 35.6 Å². The summed E-state index contributed by atoms with van der Waals surface area (Å²) in [5.74, 6) is -0.847. The molecule has 0 aromatic heterocycles. The molecule has 4 heteroatoms. The summed E-state index contributed by atoms with van der Waals surface area (Å²) in [5.41, 5.74) is -0.482. The number of benzene rings is 1. The molecule has 1 aliphatic carbocycles. The topological polar surface area (TPSA) is 46.5 Å². The third-order valence-electron chi connectivity index (χ3n) is 4.33. The molecular formula is C15H17FO3. The van der Waals surface area contributed by atoms with E-state index in [1.807, 2.05) is 0 Å². The van der Waals surface area contributed by atoms with E-state index in [0.717, 1.165) is 12.8 Å². The van der Waals surface area contributed by atoms with Crippen LogP contribution >= 0.6 is 0 Å². The van der Waals surface area contributed by atoms with Gasteiger partial charge in [-0.05, 0) is 43.2 Å². The zero-order valence-electron chi connectivity index (χ0n) is 10.6. The van der Waals surface area contributed by atoms with E-state index in [2.05, 4.69) is 0 Å². The minimum Gasteiger partial charge on any atom is -0.481 e. The Kier molecular flexibility index (Phi) is 3.05. The second kappa shape index (κ2) is 4.60. The Bertz CT molecular complexity index is 498. The summed E-state index contributed by atoms with van der Waals surface area (Å²) in [4.78, 5) is 11.8. The van der Waals surface area contributed by atoms with Gasteiger partial charge in [-0.25, -0.2) is 4.39 Å². The predicted octanol–water partition coefficient (Wildman–Crippen LogP) is 2.64. The number of carboxylic acids is 1. The predicted molar refractivity (Wildman–Crippen MR) is 67.3 cm³/mol. The quantitative estimate of drug-likeness (QED) is 0.909. The van der Waals surface area contributed by atoms with Crippen LogP contribution < -0.4 is 0 Å². The van der Waals surface area contributed by atoms with Crippen LogP contribution in [-0.2, 0) is 16.0 Å². The first-order valence-corrected chi connectivity index (χ1v) is 6.72. The van der Waals surface area contributed by atoms with Gasteiger partial charge in [0.1, 0.15) is 11.2 Å². The van der Waals surface area contributed by atoms with Crippen molar-refractivity contribution in [1.29, 1.82) is 0 Å². The van der Waals surface area contributed by atoms with Gasteiger partial charge in [0, 0.05) is 6.61 Å². The lowest BCUT2D eigenvalue weighted by molar-refractivity contribution is -0.153. The summed E-state index contributed by atoms with van der Waals surface area (Å²) in [6, 6.07) is 6.42. The highest BCUT2D eigenvalue weighted by Crippen LogP contribution is 2.49. The molecule has 1 heterocycles. The summed E-state index contributed by atoms with van der Waals surface area (Å²) in [7, 11) is 0. The van der Waals surface area contributed by atoms with Crippen molar-refractivity contribution in [2.45, 2.75) is 31.8 Å². The number of carboxylic acid groups (broad SMARTS) is 1. The molecule has 2 fully saturated rings. The number of halogens is 1. The summed E-state index contributed by atoms with van der Waals surface area (Å²) in [5, 5.41) is 9.66. The lowest BCUT2D eigenvalue weighted by Crippen LogP contribution is -2.42. The Balaban J connectivity index is 1.92. The fraction of sp³-hybridized carbons (Fsp3) is 0.533. The Morgan fingerprint density at radius 3 is 2.79 bits per heavy atom. The Hall–Kier alpha value is -1.42. The molecule has 0 spiro atoms. The molecule has 2 aliphatic rings. The van der Waals surface area contributed by atoms with Gasteiger partial charge in [-0.2, -0.15) is 0 Å². The van der Waals surface area contributed by atoms with E-state index in [1.165, 1.54) is 6.07 Å². The van der Waals surface area contributed by atoms with E-state index in [4.69, 9.17) is 4.74 Å². The minimum absolute atomic E-state index is 0.218. The molecule has 1 aromatic carbocycles. The third-order valence-corrected chi connectivity index (χ3v) is 4.33. The van der Waals surface area contributed by atoms with Crippen molar-refractivity contribution in [2.75, 3.05) is 6.61 Å². The molecule has 19 heavy (non-hydrogen) atoms. The molecular weight excluding hydrogens is 247 g/mol. The fourth-order valence-corrected chi connectivity index (χ4v) is 3.13. The van der Waals surface area contributed by atoms with Gasteiger partial charge in [0.05, 0.1) is 6.10 Å². The first kappa shape index (κ1) is 12.6. The monoisotopic (exact) mass is 264 g/mol. The molecule has 1 N–H and O–H groups in total. The van der Waals surface area contributed by atoms with E-state index in [9.17, 15) is 14.3 Å². The molecule has 2 unspecified atom stereocenters. The minimum atomic E-state index is -0.955. The van der Waals surface area contributed by atoms with Gasteiger partial charge in [-0.15, -0.1) is 0 Å². The molecule has 3 rings (SSSR count). The molecule has 0 bridgehead atoms. The molecule has 0 amide bonds. The van der Waals surface area contributed by atoms with Crippen molar-refractivity contribution in [3.8, 4) is 0 Å². The lowest BCUT2D eigenvalue weighted by Gasteiger charge is -2.30. The second-order valence-electron chi connectivity index (χ2n) is 5.61. The largest absolute Gasteiger partial charge is 0.481 e. The van der Waals surface area contributed by atoms with Gasteiger partial charge >= 0.3 is 5.97 Å². The molecule has 1 aliphatic heterocycles. The van der Waals surface area contributed by atoms with E-state index in [-0.39, 0.29) is 18.3 Å². The Labute approximate surface area is 111 Å². The smallest absolute Gasteiger partial charge is 0.312 e. The average molecular weight is 264 g/mol. The van der Waals surface area contributed by atoms with Crippen LogP contribution in [-0.4, -0.2) is 23.8 Å². The molecule has 1 saturated carbocycles. The molecule has 1 saturated heterocycles. The maximum absolute atomic E-state index is 13.8. The van der Waals surface area contributed by atoms with Gasteiger partial charge in [-0.3, -0.25) is 4.79 Å². The number of carbonyl (C=O) groups is 1. The highest BCUT2D eigenvalue weighted by molar-refractivity contribution is 5.76. The van der Waals surface area contributed by atoms with E-state index in [0.29, 0.717) is 24.5 Å². The number of hydrogen-bond donors (Lipinski definition) is 1. The average Bonchev–Trinajstić information content (AvgIpc) is 3.13. The standard InChI is InChI=1S/C15H17FO3/c16-12-4-2-1-3-11(12)9-15(14(17)18)7-8-19-13(15)10-5-6-10/h1-4,10,13H,5-9H2,(H,17,18). The zero-order chi connectivity index (χ0) is 13.5. The summed E-state index contributed by atoms with van der Waals surface area (Å²) < 4.78 is 19.4. The molecule has 0 radical (unpaired) electrons. The lowest BCUT2D eigenvalue weighted by atomic mass is 9.74. The highest BCUT2D eigenvalue weighted by Gasteiger charge is 2.55. The maximum atomic E-state index is 13.8. The first-order chi connectivity index (χ1) is 9.13. The van der Waals surface area contributed by atoms with E-state index < -0.39 is 11.4 Å². The summed E-state index contributed by atoms with van der Waals surface area (Å²) in [6.07, 6.45) is 2.48. The van der Waals surface area contributed by atoms with Gasteiger partial charge in [-0.1, -0.05) is 18.2 Å². The van der Waals surface area contributed by atoms with Crippen LogP contribution in [0.3, 0.4) is 0 Å². The molecule has 1 aromatic rings. The van der Waals surface area contributed by atoms with Crippen molar-refractivity contribution in [3.63, 3.8) is 0 Å². The summed E-state index contributed by atoms with van der Waals surface area (Å²) in [6.45, 7) is 0.460. The van der Waals surface area contributed by atoms with Crippen molar-refractivity contribution in [2.24, 2.45) is 11.3 Å². The van der Waals surface area contributed by atoms with Crippen molar-refractivity contribution < 1.29 is 19.0 Å². The Morgan fingerprint density at radius 1 is 1.42 bits per heavy atom. The second-order valence-corrected chi connectivity index (χ2v) is 5.61. The van der Waals surface area contributed by atoms with Crippen LogP contribution in [0.15, 0.2) is 24.3 Å². The van der Waals surface area contributed by atoms with Gasteiger partial charge < -0.3 is 9.84 Å². The maximum Gasteiger partial charge on any atom is 0.312 e. The molecule has 3 nitrogen and oxygen atoms in total. The van der Waals surface area contributed by atoms with Gasteiger partial charge in [0.25, 0.3) is 0 Å². The first-order valence-electron chi connectivity index (χ1n) is 6.72. The van der Waals surface area contributed by atoms with E-state index >= 15 is 0 Å². The third kappa shape index (κ3) is 2.14. The fourth-order valence-electron chi connectivity index (χ4n) is 3.13. The molecule has 2 atom stereocenters. The zero-order valence-corrected chi connectivity index (χ0v) is 10.6. The number of ether oxygens (including phenoxy) is 1. The highest BCUT2D eigenvalue weighted by atomic mass is 19.1. The van der Waals surface area contributed by atoms with Crippen LogP contribution in [0, 0.1) is 17.2 Å². The number of aliphatic carboxylic acids is 1.